The SMILES string of the molecule is C=CC(=O)N1CC(C(=O)Nc2cccc(C)c2)C1.CC. The van der Waals surface area contributed by atoms with Crippen molar-refractivity contribution in [3.8, 4) is 0 Å². The summed E-state index contributed by atoms with van der Waals surface area (Å²) in [6, 6.07) is 7.65. The molecule has 0 saturated carbocycles. The van der Waals surface area contributed by atoms with Crippen molar-refractivity contribution in [3.63, 3.8) is 0 Å². The van der Waals surface area contributed by atoms with Crippen LogP contribution in [0.2, 0.25) is 0 Å². The van der Waals surface area contributed by atoms with E-state index in [1.54, 1.807) is 4.90 Å². The highest BCUT2D eigenvalue weighted by Gasteiger charge is 2.34. The van der Waals surface area contributed by atoms with Gasteiger partial charge in [-0.2, -0.15) is 0 Å². The van der Waals surface area contributed by atoms with Gasteiger partial charge in [0.05, 0.1) is 5.92 Å². The summed E-state index contributed by atoms with van der Waals surface area (Å²) in [5, 5.41) is 2.86. The average Bonchev–Trinajstić information content (AvgIpc) is 2.39. The Kier molecular flexibility index (Phi) is 5.97. The molecular formula is C16H22N2O2. The lowest BCUT2D eigenvalue weighted by atomic mass is 9.99. The van der Waals surface area contributed by atoms with E-state index in [1.165, 1.54) is 6.08 Å². The maximum atomic E-state index is 11.9. The summed E-state index contributed by atoms with van der Waals surface area (Å²) in [6.07, 6.45) is 1.27. The number of aryl methyl sites for hydroxylation is 1. The van der Waals surface area contributed by atoms with Crippen LogP contribution in [0.15, 0.2) is 36.9 Å². The van der Waals surface area contributed by atoms with Gasteiger partial charge in [-0.15, -0.1) is 0 Å². The first-order valence-electron chi connectivity index (χ1n) is 6.89. The van der Waals surface area contributed by atoms with E-state index >= 15 is 0 Å². The first-order chi connectivity index (χ1) is 9.60. The molecule has 1 aliphatic rings. The van der Waals surface area contributed by atoms with Crippen molar-refractivity contribution in [2.45, 2.75) is 20.8 Å². The van der Waals surface area contributed by atoms with Crippen LogP contribution < -0.4 is 5.32 Å². The second-order valence-electron chi connectivity index (χ2n) is 4.50. The number of nitrogens with zero attached hydrogens (tertiary/aromatic N) is 1. The first kappa shape index (κ1) is 16.0. The summed E-state index contributed by atoms with van der Waals surface area (Å²) >= 11 is 0. The van der Waals surface area contributed by atoms with E-state index in [1.807, 2.05) is 45.0 Å². The van der Waals surface area contributed by atoms with Crippen LogP contribution in [0.25, 0.3) is 0 Å². The van der Waals surface area contributed by atoms with Gasteiger partial charge in [-0.25, -0.2) is 0 Å². The molecule has 0 atom stereocenters. The van der Waals surface area contributed by atoms with Crippen molar-refractivity contribution in [2.24, 2.45) is 5.92 Å². The van der Waals surface area contributed by atoms with Gasteiger partial charge < -0.3 is 10.2 Å². The zero-order valence-electron chi connectivity index (χ0n) is 12.3. The summed E-state index contributed by atoms with van der Waals surface area (Å²) in [5.41, 5.74) is 1.90. The van der Waals surface area contributed by atoms with E-state index in [0.29, 0.717) is 13.1 Å². The normalized spacial score (nSPS) is 13.7. The first-order valence-corrected chi connectivity index (χ1v) is 6.89. The van der Waals surface area contributed by atoms with E-state index in [-0.39, 0.29) is 17.7 Å². The van der Waals surface area contributed by atoms with Crippen LogP contribution in [-0.2, 0) is 9.59 Å². The van der Waals surface area contributed by atoms with E-state index in [2.05, 4.69) is 11.9 Å². The summed E-state index contributed by atoms with van der Waals surface area (Å²) in [6.45, 7) is 10.3. The number of rotatable bonds is 3. The summed E-state index contributed by atoms with van der Waals surface area (Å²) in [7, 11) is 0. The molecule has 1 aliphatic heterocycles. The predicted molar refractivity (Wildman–Crippen MR) is 81.4 cm³/mol. The average molecular weight is 274 g/mol. The Bertz CT molecular complexity index is 491. The molecule has 108 valence electrons. The minimum Gasteiger partial charge on any atom is -0.337 e. The molecule has 0 aromatic heterocycles. The van der Waals surface area contributed by atoms with Crippen LogP contribution in [0, 0.1) is 12.8 Å². The maximum Gasteiger partial charge on any atom is 0.246 e. The minimum atomic E-state index is -0.116. The highest BCUT2D eigenvalue weighted by atomic mass is 16.2. The van der Waals surface area contributed by atoms with Crippen molar-refractivity contribution in [1.82, 2.24) is 4.90 Å². The smallest absolute Gasteiger partial charge is 0.246 e. The van der Waals surface area contributed by atoms with Gasteiger partial charge in [0.1, 0.15) is 0 Å². The third-order valence-electron chi connectivity index (χ3n) is 3.02. The van der Waals surface area contributed by atoms with Gasteiger partial charge in [-0.3, -0.25) is 9.59 Å². The highest BCUT2D eigenvalue weighted by molar-refractivity contribution is 5.96. The lowest BCUT2D eigenvalue weighted by Gasteiger charge is -2.37. The summed E-state index contributed by atoms with van der Waals surface area (Å²) in [4.78, 5) is 24.7. The van der Waals surface area contributed by atoms with Crippen LogP contribution in [0.1, 0.15) is 19.4 Å². The molecule has 4 heteroatoms. The quantitative estimate of drug-likeness (QED) is 0.861. The molecule has 1 heterocycles. The van der Waals surface area contributed by atoms with Crippen LogP contribution in [-0.4, -0.2) is 29.8 Å². The Morgan fingerprint density at radius 2 is 2.00 bits per heavy atom. The molecule has 0 bridgehead atoms. The Morgan fingerprint density at radius 1 is 1.35 bits per heavy atom. The number of benzene rings is 1. The zero-order valence-corrected chi connectivity index (χ0v) is 12.3. The number of nitrogens with one attached hydrogen (secondary N) is 1. The molecule has 1 aromatic carbocycles. The number of anilines is 1. The van der Waals surface area contributed by atoms with Crippen LogP contribution >= 0.6 is 0 Å². The van der Waals surface area contributed by atoms with Gasteiger partial charge >= 0.3 is 0 Å². The third-order valence-corrected chi connectivity index (χ3v) is 3.02. The van der Waals surface area contributed by atoms with E-state index < -0.39 is 0 Å². The van der Waals surface area contributed by atoms with E-state index in [9.17, 15) is 9.59 Å². The van der Waals surface area contributed by atoms with Crippen LogP contribution in [0.4, 0.5) is 5.69 Å². The van der Waals surface area contributed by atoms with Crippen molar-refractivity contribution in [3.05, 3.63) is 42.5 Å². The monoisotopic (exact) mass is 274 g/mol. The van der Waals surface area contributed by atoms with Gasteiger partial charge in [-0.1, -0.05) is 32.6 Å². The second kappa shape index (κ2) is 7.48. The predicted octanol–water partition coefficient (Wildman–Crippen LogP) is 2.60. The number of amides is 2. The van der Waals surface area contributed by atoms with Crippen molar-refractivity contribution in [1.29, 1.82) is 0 Å². The van der Waals surface area contributed by atoms with Crippen molar-refractivity contribution >= 4 is 17.5 Å². The Morgan fingerprint density at radius 3 is 2.55 bits per heavy atom. The number of carbonyl (C=O) groups is 2. The van der Waals surface area contributed by atoms with E-state index in [0.717, 1.165) is 11.3 Å². The van der Waals surface area contributed by atoms with Gasteiger partial charge in [0, 0.05) is 18.8 Å². The van der Waals surface area contributed by atoms with E-state index in [4.69, 9.17) is 0 Å². The Hall–Kier alpha value is -2.10. The molecule has 0 unspecified atom stereocenters. The third kappa shape index (κ3) is 3.95. The molecule has 1 saturated heterocycles. The Balaban J connectivity index is 0.000000956. The second-order valence-corrected chi connectivity index (χ2v) is 4.50. The summed E-state index contributed by atoms with van der Waals surface area (Å²) < 4.78 is 0. The molecule has 0 radical (unpaired) electrons. The van der Waals surface area contributed by atoms with Crippen molar-refractivity contribution < 1.29 is 9.59 Å². The lowest BCUT2D eigenvalue weighted by Crippen LogP contribution is -2.53. The fourth-order valence-electron chi connectivity index (χ4n) is 1.92. The molecule has 0 aliphatic carbocycles. The lowest BCUT2D eigenvalue weighted by molar-refractivity contribution is -0.137. The number of hydrogen-bond donors (Lipinski definition) is 1. The fourth-order valence-corrected chi connectivity index (χ4v) is 1.92. The molecule has 2 amide bonds. The van der Waals surface area contributed by atoms with Gasteiger partial charge in [0.25, 0.3) is 0 Å². The summed E-state index contributed by atoms with van der Waals surface area (Å²) in [5.74, 6) is -0.266. The molecular weight excluding hydrogens is 252 g/mol. The molecule has 2 rings (SSSR count). The molecule has 20 heavy (non-hydrogen) atoms. The van der Waals surface area contributed by atoms with Crippen molar-refractivity contribution in [2.75, 3.05) is 18.4 Å². The largest absolute Gasteiger partial charge is 0.337 e. The number of carbonyl (C=O) groups excluding carboxylic acids is 2. The Labute approximate surface area is 120 Å². The number of likely N-dealkylation sites (tertiary alicyclic amines) is 1. The van der Waals surface area contributed by atoms with Gasteiger partial charge in [-0.05, 0) is 30.7 Å². The van der Waals surface area contributed by atoms with Gasteiger partial charge in [0.2, 0.25) is 11.8 Å². The highest BCUT2D eigenvalue weighted by Crippen LogP contribution is 2.18. The van der Waals surface area contributed by atoms with Crippen LogP contribution in [0.3, 0.4) is 0 Å². The standard InChI is InChI=1S/C14H16N2O2.C2H6/c1-3-13(17)16-8-11(9-16)14(18)15-12-6-4-5-10(2)7-12;1-2/h3-7,11H,1,8-9H2,2H3,(H,15,18);1-2H3. The zero-order chi connectivity index (χ0) is 15.1. The fraction of sp³-hybridized carbons (Fsp3) is 0.375. The molecule has 1 aromatic rings. The molecule has 1 fully saturated rings. The topological polar surface area (TPSA) is 49.4 Å². The van der Waals surface area contributed by atoms with Crippen LogP contribution in [0.5, 0.6) is 0 Å². The van der Waals surface area contributed by atoms with Gasteiger partial charge in [0.15, 0.2) is 0 Å². The molecule has 0 spiro atoms. The molecule has 4 nitrogen and oxygen atoms in total. The maximum absolute atomic E-state index is 11.9. The minimum absolute atomic E-state index is 0.0336. The molecule has 1 N–H and O–H groups in total. The number of hydrogen-bond acceptors (Lipinski definition) is 2.